The molecule has 0 radical (unpaired) electrons. The number of carbonyl (C=O) groups excluding carboxylic acids is 1. The van der Waals surface area contributed by atoms with Gasteiger partial charge in [0.15, 0.2) is 0 Å². The number of amides is 1. The van der Waals surface area contributed by atoms with Crippen LogP contribution in [0.3, 0.4) is 0 Å². The first-order valence-corrected chi connectivity index (χ1v) is 9.35. The van der Waals surface area contributed by atoms with Gasteiger partial charge in [0.05, 0.1) is 25.3 Å². The zero-order valence-corrected chi connectivity index (χ0v) is 15.0. The first-order valence-electron chi connectivity index (χ1n) is 7.50. The van der Waals surface area contributed by atoms with Crippen LogP contribution in [0, 0.1) is 5.82 Å². The molecular formula is C17H18FN3O4S. The molecule has 1 amide bonds. The molecule has 0 saturated heterocycles. The highest BCUT2D eigenvalue weighted by atomic mass is 32.2. The largest absolute Gasteiger partial charge is 0.495 e. The third kappa shape index (κ3) is 5.03. The number of hydrogen-bond acceptors (Lipinski definition) is 5. The number of carbonyl (C=O) groups is 1. The van der Waals surface area contributed by atoms with Gasteiger partial charge in [0.25, 0.3) is 5.91 Å². The molecule has 2 aromatic rings. The Balaban J connectivity index is 2.14. The summed E-state index contributed by atoms with van der Waals surface area (Å²) < 4.78 is 43.7. The van der Waals surface area contributed by atoms with Gasteiger partial charge in [0.2, 0.25) is 10.0 Å². The Morgan fingerprint density at radius 3 is 2.54 bits per heavy atom. The highest BCUT2D eigenvalue weighted by Gasteiger charge is 2.23. The van der Waals surface area contributed by atoms with Crippen LogP contribution in [0.25, 0.3) is 0 Å². The number of anilines is 1. The Hall–Kier alpha value is -2.94. The third-order valence-corrected chi connectivity index (χ3v) is 4.47. The summed E-state index contributed by atoms with van der Waals surface area (Å²) in [4.78, 5) is 12.1. The van der Waals surface area contributed by atoms with E-state index in [1.165, 1.54) is 31.4 Å². The molecule has 0 fully saturated rings. The molecule has 26 heavy (non-hydrogen) atoms. The van der Waals surface area contributed by atoms with E-state index in [1.807, 2.05) is 0 Å². The van der Waals surface area contributed by atoms with Crippen molar-refractivity contribution in [2.75, 3.05) is 24.2 Å². The predicted molar refractivity (Wildman–Crippen MR) is 97.3 cm³/mol. The van der Waals surface area contributed by atoms with Crippen LogP contribution in [0.4, 0.5) is 10.1 Å². The van der Waals surface area contributed by atoms with Gasteiger partial charge in [-0.05, 0) is 18.2 Å². The Morgan fingerprint density at radius 1 is 1.23 bits per heavy atom. The van der Waals surface area contributed by atoms with Crippen molar-refractivity contribution in [2.24, 2.45) is 5.10 Å². The molecular weight excluding hydrogens is 361 g/mol. The highest BCUT2D eigenvalue weighted by Crippen LogP contribution is 2.29. The van der Waals surface area contributed by atoms with Crippen molar-refractivity contribution in [1.82, 2.24) is 5.43 Å². The van der Waals surface area contributed by atoms with Crippen LogP contribution in [-0.2, 0) is 14.8 Å². The van der Waals surface area contributed by atoms with Crippen molar-refractivity contribution in [1.29, 1.82) is 0 Å². The fourth-order valence-electron chi connectivity index (χ4n) is 2.14. The number of ether oxygens (including phenoxy) is 1. The Morgan fingerprint density at radius 2 is 1.88 bits per heavy atom. The standard InChI is InChI=1S/C17H18FN3O4S/c1-25-16-10-6-5-9-15(16)21(26(2,23)24)12-17(22)20-19-11-13-7-3-4-8-14(13)18/h3-11H,12H2,1-2H3,(H,20,22)/b19-11-. The number of hydrogen-bond donors (Lipinski definition) is 1. The number of para-hydroxylation sites is 2. The van der Waals surface area contributed by atoms with Crippen LogP contribution in [0.5, 0.6) is 5.75 Å². The van der Waals surface area contributed by atoms with E-state index in [9.17, 15) is 17.6 Å². The molecule has 0 aliphatic rings. The van der Waals surface area contributed by atoms with Crippen LogP contribution in [0.1, 0.15) is 5.56 Å². The van der Waals surface area contributed by atoms with E-state index in [4.69, 9.17) is 4.74 Å². The van der Waals surface area contributed by atoms with Gasteiger partial charge in [-0.1, -0.05) is 30.3 Å². The predicted octanol–water partition coefficient (Wildman–Crippen LogP) is 1.75. The maximum Gasteiger partial charge on any atom is 0.260 e. The minimum atomic E-state index is -3.75. The fourth-order valence-corrected chi connectivity index (χ4v) is 3.00. The van der Waals surface area contributed by atoms with Crippen LogP contribution >= 0.6 is 0 Å². The van der Waals surface area contributed by atoms with Crippen molar-refractivity contribution >= 4 is 27.8 Å². The fraction of sp³-hybridized carbons (Fsp3) is 0.176. The smallest absolute Gasteiger partial charge is 0.260 e. The van der Waals surface area contributed by atoms with Gasteiger partial charge in [-0.3, -0.25) is 9.10 Å². The van der Waals surface area contributed by atoms with E-state index in [0.29, 0.717) is 5.75 Å². The molecule has 0 aromatic heterocycles. The van der Waals surface area contributed by atoms with Crippen molar-refractivity contribution in [3.8, 4) is 5.75 Å². The summed E-state index contributed by atoms with van der Waals surface area (Å²) in [5.41, 5.74) is 2.60. The highest BCUT2D eigenvalue weighted by molar-refractivity contribution is 7.92. The molecule has 0 heterocycles. The molecule has 2 rings (SSSR count). The van der Waals surface area contributed by atoms with E-state index >= 15 is 0 Å². The first-order chi connectivity index (χ1) is 12.3. The molecule has 1 N–H and O–H groups in total. The summed E-state index contributed by atoms with van der Waals surface area (Å²) in [6.07, 6.45) is 2.12. The second-order valence-electron chi connectivity index (χ2n) is 5.26. The Bertz CT molecular complexity index is 916. The van der Waals surface area contributed by atoms with Gasteiger partial charge in [-0.2, -0.15) is 5.10 Å². The summed E-state index contributed by atoms with van der Waals surface area (Å²) >= 11 is 0. The number of sulfonamides is 1. The molecule has 138 valence electrons. The van der Waals surface area contributed by atoms with Crippen LogP contribution in [0.15, 0.2) is 53.6 Å². The molecule has 0 bridgehead atoms. The molecule has 0 aliphatic carbocycles. The van der Waals surface area contributed by atoms with Crippen molar-refractivity contribution < 1.29 is 22.3 Å². The summed E-state index contributed by atoms with van der Waals surface area (Å²) in [6.45, 7) is -0.506. The Labute approximate surface area is 151 Å². The van der Waals surface area contributed by atoms with Gasteiger partial charge in [-0.25, -0.2) is 18.2 Å². The number of benzene rings is 2. The summed E-state index contributed by atoms with van der Waals surface area (Å²) in [6, 6.07) is 12.3. The second kappa shape index (κ2) is 8.43. The SMILES string of the molecule is COc1ccccc1N(CC(=O)N/N=C\c1ccccc1F)S(C)(=O)=O. The molecule has 7 nitrogen and oxygen atoms in total. The number of nitrogens with zero attached hydrogens (tertiary/aromatic N) is 2. The molecule has 0 spiro atoms. The molecule has 0 aliphatic heterocycles. The normalized spacial score (nSPS) is 11.3. The average molecular weight is 379 g/mol. The lowest BCUT2D eigenvalue weighted by atomic mass is 10.2. The van der Waals surface area contributed by atoms with Gasteiger partial charge in [-0.15, -0.1) is 0 Å². The maximum absolute atomic E-state index is 13.5. The number of methoxy groups -OCH3 is 1. The van der Waals surface area contributed by atoms with Gasteiger partial charge in [0.1, 0.15) is 18.1 Å². The van der Waals surface area contributed by atoms with E-state index in [2.05, 4.69) is 10.5 Å². The monoisotopic (exact) mass is 379 g/mol. The molecule has 0 atom stereocenters. The summed E-state index contributed by atoms with van der Waals surface area (Å²) in [7, 11) is -2.35. The van der Waals surface area contributed by atoms with Crippen LogP contribution < -0.4 is 14.5 Å². The lowest BCUT2D eigenvalue weighted by Crippen LogP contribution is -2.39. The zero-order chi connectivity index (χ0) is 19.2. The van der Waals surface area contributed by atoms with E-state index in [-0.39, 0.29) is 11.3 Å². The molecule has 0 unspecified atom stereocenters. The van der Waals surface area contributed by atoms with E-state index < -0.39 is 28.3 Å². The number of hydrazone groups is 1. The number of halogens is 1. The zero-order valence-electron chi connectivity index (χ0n) is 14.2. The van der Waals surface area contributed by atoms with Crippen LogP contribution in [0.2, 0.25) is 0 Å². The second-order valence-corrected chi connectivity index (χ2v) is 7.16. The number of rotatable bonds is 7. The van der Waals surface area contributed by atoms with Crippen molar-refractivity contribution in [2.45, 2.75) is 0 Å². The first kappa shape index (κ1) is 19.4. The van der Waals surface area contributed by atoms with E-state index in [1.54, 1.807) is 24.3 Å². The minimum Gasteiger partial charge on any atom is -0.495 e. The maximum atomic E-state index is 13.5. The summed E-state index contributed by atoms with van der Waals surface area (Å²) in [5, 5.41) is 3.66. The van der Waals surface area contributed by atoms with Crippen molar-refractivity contribution in [3.63, 3.8) is 0 Å². The average Bonchev–Trinajstić information content (AvgIpc) is 2.60. The quantitative estimate of drug-likeness (QED) is 0.586. The Kier molecular flexibility index (Phi) is 6.29. The molecule has 9 heteroatoms. The topological polar surface area (TPSA) is 88.1 Å². The third-order valence-electron chi connectivity index (χ3n) is 3.34. The van der Waals surface area contributed by atoms with Crippen molar-refractivity contribution in [3.05, 3.63) is 59.9 Å². The van der Waals surface area contributed by atoms with Crippen LogP contribution in [-0.4, -0.2) is 40.4 Å². The van der Waals surface area contributed by atoms with Gasteiger partial charge >= 0.3 is 0 Å². The molecule has 0 saturated carbocycles. The lowest BCUT2D eigenvalue weighted by Gasteiger charge is -2.23. The minimum absolute atomic E-state index is 0.192. The molecule has 2 aromatic carbocycles. The van der Waals surface area contributed by atoms with Gasteiger partial charge in [0, 0.05) is 5.56 Å². The van der Waals surface area contributed by atoms with Gasteiger partial charge < -0.3 is 4.74 Å². The number of nitrogens with one attached hydrogen (secondary N) is 1. The lowest BCUT2D eigenvalue weighted by molar-refractivity contribution is -0.119. The van der Waals surface area contributed by atoms with E-state index in [0.717, 1.165) is 16.8 Å². The summed E-state index contributed by atoms with van der Waals surface area (Å²) in [5.74, 6) is -0.869.